The molecule has 0 aliphatic rings. The molecule has 3 aromatic rings. The monoisotopic (exact) mass is 411 g/mol. The number of H-pyrrole nitrogens is 1. The summed E-state index contributed by atoms with van der Waals surface area (Å²) >= 11 is 6.48. The maximum Gasteiger partial charge on any atom is 0.220 e. The van der Waals surface area contributed by atoms with Crippen LogP contribution < -0.4 is 10.6 Å². The summed E-state index contributed by atoms with van der Waals surface area (Å²) in [5.41, 5.74) is 3.08. The summed E-state index contributed by atoms with van der Waals surface area (Å²) in [5.74, 6) is -0.340. The van der Waals surface area contributed by atoms with Gasteiger partial charge >= 0.3 is 0 Å². The van der Waals surface area contributed by atoms with Gasteiger partial charge in [-0.05, 0) is 29.7 Å². The third-order valence-electron chi connectivity index (χ3n) is 4.93. The van der Waals surface area contributed by atoms with E-state index in [1.165, 1.54) is 0 Å². The molecule has 0 fully saturated rings. The van der Waals surface area contributed by atoms with Crippen LogP contribution in [0.5, 0.6) is 0 Å². The number of amides is 2. The van der Waals surface area contributed by atoms with E-state index in [9.17, 15) is 9.59 Å². The third-order valence-corrected chi connectivity index (χ3v) is 5.28. The molecule has 0 saturated heterocycles. The van der Waals surface area contributed by atoms with Crippen molar-refractivity contribution in [1.29, 1.82) is 0 Å². The van der Waals surface area contributed by atoms with Crippen molar-refractivity contribution in [2.75, 3.05) is 13.1 Å². The molecule has 0 saturated carbocycles. The Balaban J connectivity index is 1.74. The number of rotatable bonds is 9. The number of aromatic nitrogens is 1. The van der Waals surface area contributed by atoms with Gasteiger partial charge in [0, 0.05) is 54.0 Å². The number of para-hydroxylation sites is 1. The van der Waals surface area contributed by atoms with E-state index >= 15 is 0 Å². The van der Waals surface area contributed by atoms with Gasteiger partial charge in [-0.3, -0.25) is 9.59 Å². The van der Waals surface area contributed by atoms with Crippen LogP contribution in [0.25, 0.3) is 10.9 Å². The molecule has 0 aliphatic heterocycles. The lowest BCUT2D eigenvalue weighted by atomic mass is 9.90. The van der Waals surface area contributed by atoms with Gasteiger partial charge in [-0.25, -0.2) is 0 Å². The minimum atomic E-state index is -0.145. The maximum atomic E-state index is 12.3. The quantitative estimate of drug-likeness (QED) is 0.489. The van der Waals surface area contributed by atoms with Crippen molar-refractivity contribution in [2.24, 2.45) is 0 Å². The number of halogens is 1. The molecule has 2 aromatic carbocycles. The van der Waals surface area contributed by atoms with Crippen molar-refractivity contribution in [2.45, 2.75) is 32.1 Å². The number of hydrogen-bond donors (Lipinski definition) is 3. The summed E-state index contributed by atoms with van der Waals surface area (Å²) in [4.78, 5) is 27.4. The van der Waals surface area contributed by atoms with Gasteiger partial charge in [0.2, 0.25) is 11.8 Å². The first kappa shape index (κ1) is 20.9. The molecule has 3 N–H and O–H groups in total. The molecule has 1 heterocycles. The van der Waals surface area contributed by atoms with Gasteiger partial charge < -0.3 is 15.6 Å². The summed E-state index contributed by atoms with van der Waals surface area (Å²) in [6, 6.07) is 15.8. The van der Waals surface area contributed by atoms with Crippen LogP contribution in [0.15, 0.2) is 54.7 Å². The maximum absolute atomic E-state index is 12.3. The van der Waals surface area contributed by atoms with Gasteiger partial charge in [0.25, 0.3) is 0 Å². The van der Waals surface area contributed by atoms with Crippen LogP contribution in [-0.4, -0.2) is 29.9 Å². The highest BCUT2D eigenvalue weighted by atomic mass is 35.5. The molecule has 1 atom stereocenters. The average Bonchev–Trinajstić information content (AvgIpc) is 3.16. The van der Waals surface area contributed by atoms with E-state index in [2.05, 4.69) is 21.7 Å². The Bertz CT molecular complexity index is 983. The fourth-order valence-corrected chi connectivity index (χ4v) is 3.68. The van der Waals surface area contributed by atoms with Crippen molar-refractivity contribution >= 4 is 34.3 Å². The standard InChI is InChI=1S/C23H26ClN3O2/c1-2-13-25-22(28)11-12-23(29)27-15-18(16-7-3-5-9-20(16)24)19-14-26-21-10-6-4-8-17(19)21/h3-10,14,18,26H,2,11-13,15H2,1H3,(H,25,28)(H,27,29). The first-order chi connectivity index (χ1) is 14.1. The van der Waals surface area contributed by atoms with Crippen molar-refractivity contribution in [3.63, 3.8) is 0 Å². The first-order valence-electron chi connectivity index (χ1n) is 9.94. The molecule has 0 bridgehead atoms. The van der Waals surface area contributed by atoms with Crippen molar-refractivity contribution in [3.8, 4) is 0 Å². The summed E-state index contributed by atoms with van der Waals surface area (Å²) in [5, 5.41) is 7.53. The SMILES string of the molecule is CCCNC(=O)CCC(=O)NCC(c1ccccc1Cl)c1c[nH]c2ccccc12. The summed E-state index contributed by atoms with van der Waals surface area (Å²) in [7, 11) is 0. The predicted molar refractivity (Wildman–Crippen MR) is 117 cm³/mol. The second-order valence-electron chi connectivity index (χ2n) is 7.02. The molecule has 0 radical (unpaired) electrons. The number of aromatic amines is 1. The molecule has 0 aliphatic carbocycles. The normalized spacial score (nSPS) is 11.9. The van der Waals surface area contributed by atoms with E-state index in [0.717, 1.165) is 28.5 Å². The fourth-order valence-electron chi connectivity index (χ4n) is 3.41. The minimum absolute atomic E-state index is 0.0960. The fraction of sp³-hybridized carbons (Fsp3) is 0.304. The van der Waals surface area contributed by atoms with Gasteiger partial charge in [0.05, 0.1) is 0 Å². The van der Waals surface area contributed by atoms with E-state index in [-0.39, 0.29) is 30.6 Å². The zero-order chi connectivity index (χ0) is 20.6. The number of fused-ring (bicyclic) bond motifs is 1. The zero-order valence-electron chi connectivity index (χ0n) is 16.5. The molecular formula is C23H26ClN3O2. The van der Waals surface area contributed by atoms with Crippen molar-refractivity contribution < 1.29 is 9.59 Å². The van der Waals surface area contributed by atoms with Crippen LogP contribution in [0.4, 0.5) is 0 Å². The molecule has 2 amide bonds. The lowest BCUT2D eigenvalue weighted by Crippen LogP contribution is -2.31. The van der Waals surface area contributed by atoms with E-state index in [1.807, 2.05) is 55.6 Å². The highest BCUT2D eigenvalue weighted by Gasteiger charge is 2.21. The molecule has 1 unspecified atom stereocenters. The topological polar surface area (TPSA) is 74.0 Å². The Hall–Kier alpha value is -2.79. The second kappa shape index (κ2) is 10.1. The molecular weight excluding hydrogens is 386 g/mol. The van der Waals surface area contributed by atoms with E-state index in [1.54, 1.807) is 0 Å². The second-order valence-corrected chi connectivity index (χ2v) is 7.42. The average molecular weight is 412 g/mol. The lowest BCUT2D eigenvalue weighted by Gasteiger charge is -2.19. The Morgan fingerprint density at radius 2 is 1.66 bits per heavy atom. The number of carbonyl (C=O) groups is 2. The number of benzene rings is 2. The molecule has 0 spiro atoms. The smallest absolute Gasteiger partial charge is 0.220 e. The van der Waals surface area contributed by atoms with E-state index < -0.39 is 0 Å². The largest absolute Gasteiger partial charge is 0.361 e. The summed E-state index contributed by atoms with van der Waals surface area (Å²) in [6.45, 7) is 3.03. The van der Waals surface area contributed by atoms with Gasteiger partial charge in [0.15, 0.2) is 0 Å². The van der Waals surface area contributed by atoms with Crippen molar-refractivity contribution in [1.82, 2.24) is 15.6 Å². The van der Waals surface area contributed by atoms with E-state index in [4.69, 9.17) is 11.6 Å². The van der Waals surface area contributed by atoms with Gasteiger partial charge in [0.1, 0.15) is 0 Å². The number of nitrogens with one attached hydrogen (secondary N) is 3. The van der Waals surface area contributed by atoms with Gasteiger partial charge in [-0.1, -0.05) is 54.9 Å². The molecule has 29 heavy (non-hydrogen) atoms. The molecule has 3 rings (SSSR count). The van der Waals surface area contributed by atoms with Crippen LogP contribution in [0.2, 0.25) is 5.02 Å². The summed E-state index contributed by atoms with van der Waals surface area (Å²) in [6.07, 6.45) is 3.21. The van der Waals surface area contributed by atoms with Gasteiger partial charge in [-0.2, -0.15) is 0 Å². The Labute approximate surface area is 175 Å². The first-order valence-corrected chi connectivity index (χ1v) is 10.3. The van der Waals surface area contributed by atoms with Crippen LogP contribution in [-0.2, 0) is 9.59 Å². The van der Waals surface area contributed by atoms with E-state index in [0.29, 0.717) is 18.1 Å². The molecule has 1 aromatic heterocycles. The summed E-state index contributed by atoms with van der Waals surface area (Å²) < 4.78 is 0. The zero-order valence-corrected chi connectivity index (χ0v) is 17.3. The molecule has 5 nitrogen and oxygen atoms in total. The highest BCUT2D eigenvalue weighted by molar-refractivity contribution is 6.31. The number of carbonyl (C=O) groups excluding carboxylic acids is 2. The minimum Gasteiger partial charge on any atom is -0.361 e. The molecule has 152 valence electrons. The predicted octanol–water partition coefficient (Wildman–Crippen LogP) is 4.38. The number of hydrogen-bond acceptors (Lipinski definition) is 2. The Kier molecular flexibility index (Phi) is 7.30. The molecule has 6 heteroatoms. The van der Waals surface area contributed by atoms with Crippen LogP contribution >= 0.6 is 11.6 Å². The third kappa shape index (κ3) is 5.39. The van der Waals surface area contributed by atoms with Crippen molar-refractivity contribution in [3.05, 3.63) is 70.9 Å². The lowest BCUT2D eigenvalue weighted by molar-refractivity contribution is -0.126. The highest BCUT2D eigenvalue weighted by Crippen LogP contribution is 2.34. The van der Waals surface area contributed by atoms with Crippen LogP contribution in [0, 0.1) is 0 Å². The Morgan fingerprint density at radius 3 is 2.41 bits per heavy atom. The Morgan fingerprint density at radius 1 is 0.966 bits per heavy atom. The van der Waals surface area contributed by atoms with Crippen LogP contribution in [0.3, 0.4) is 0 Å². The van der Waals surface area contributed by atoms with Crippen LogP contribution in [0.1, 0.15) is 43.2 Å². The van der Waals surface area contributed by atoms with Gasteiger partial charge in [-0.15, -0.1) is 0 Å².